The molecule has 0 radical (unpaired) electrons. The molecular formula is C26H25F5N4O3. The number of benzene rings is 2. The third-order valence-corrected chi connectivity index (χ3v) is 6.78. The molecule has 2 aromatic carbocycles. The zero-order chi connectivity index (χ0) is 26.9. The molecule has 5 rings (SSSR count). The van der Waals surface area contributed by atoms with Gasteiger partial charge in [-0.05, 0) is 42.3 Å². The average Bonchev–Trinajstić information content (AvgIpc) is 3.38. The highest BCUT2D eigenvalue weighted by molar-refractivity contribution is 5.75. The van der Waals surface area contributed by atoms with Crippen molar-refractivity contribution in [2.75, 3.05) is 39.4 Å². The van der Waals surface area contributed by atoms with E-state index in [0.717, 1.165) is 11.6 Å². The van der Waals surface area contributed by atoms with Gasteiger partial charge >= 0.3 is 12.4 Å². The summed E-state index contributed by atoms with van der Waals surface area (Å²) in [6, 6.07) is 10.4. The van der Waals surface area contributed by atoms with Gasteiger partial charge < -0.3 is 19.3 Å². The summed E-state index contributed by atoms with van der Waals surface area (Å²) < 4.78 is 74.6. The van der Waals surface area contributed by atoms with Crippen LogP contribution in [0.15, 0.2) is 48.5 Å². The minimum atomic E-state index is -4.79. The topological polar surface area (TPSA) is 70.7 Å². The van der Waals surface area contributed by atoms with Crippen LogP contribution in [0.5, 0.6) is 5.75 Å². The molecule has 0 saturated carbocycles. The molecule has 2 aliphatic heterocycles. The van der Waals surface area contributed by atoms with E-state index in [1.54, 1.807) is 28.0 Å². The summed E-state index contributed by atoms with van der Waals surface area (Å²) in [4.78, 5) is 16.8. The lowest BCUT2D eigenvalue weighted by atomic mass is 9.83. The maximum atomic E-state index is 13.7. The number of aromatic nitrogens is 2. The summed E-state index contributed by atoms with van der Waals surface area (Å²) in [5, 5.41) is 7.18. The van der Waals surface area contributed by atoms with Crippen LogP contribution in [-0.2, 0) is 4.74 Å². The second-order valence-corrected chi connectivity index (χ2v) is 9.40. The number of piperidine rings is 1. The van der Waals surface area contributed by atoms with E-state index in [9.17, 15) is 26.7 Å². The number of rotatable bonds is 4. The summed E-state index contributed by atoms with van der Waals surface area (Å²) >= 11 is 0. The lowest BCUT2D eigenvalue weighted by Crippen LogP contribution is -2.52. The highest BCUT2D eigenvalue weighted by Gasteiger charge is 2.35. The third kappa shape index (κ3) is 6.07. The Bertz CT molecular complexity index is 1250. The highest BCUT2D eigenvalue weighted by Crippen LogP contribution is 2.37. The zero-order valence-corrected chi connectivity index (χ0v) is 20.2. The van der Waals surface area contributed by atoms with Crippen molar-refractivity contribution in [1.29, 1.82) is 0 Å². The molecule has 2 saturated heterocycles. The summed E-state index contributed by atoms with van der Waals surface area (Å²) in [6.07, 6.45) is -4.22. The molecule has 3 aromatic rings. The Morgan fingerprint density at radius 3 is 2.26 bits per heavy atom. The fourth-order valence-electron chi connectivity index (χ4n) is 5.01. The van der Waals surface area contributed by atoms with Gasteiger partial charge in [-0.15, -0.1) is 13.2 Å². The number of H-pyrrole nitrogens is 1. The molecule has 1 N–H and O–H groups in total. The molecule has 12 heteroatoms. The van der Waals surface area contributed by atoms with E-state index in [0.29, 0.717) is 57.2 Å². The van der Waals surface area contributed by atoms with Crippen LogP contribution >= 0.6 is 0 Å². The van der Waals surface area contributed by atoms with Gasteiger partial charge in [-0.1, -0.05) is 12.1 Å². The van der Waals surface area contributed by atoms with Gasteiger partial charge in [0.2, 0.25) is 0 Å². The molecule has 2 amide bonds. The molecule has 0 spiro atoms. The Balaban J connectivity index is 1.40. The van der Waals surface area contributed by atoms with Crippen molar-refractivity contribution in [3.8, 4) is 17.0 Å². The van der Waals surface area contributed by atoms with Gasteiger partial charge in [0.05, 0.1) is 18.9 Å². The van der Waals surface area contributed by atoms with Crippen LogP contribution in [0.1, 0.15) is 29.5 Å². The number of morpholine rings is 1. The molecule has 2 atom stereocenters. The first kappa shape index (κ1) is 26.0. The predicted molar refractivity (Wildman–Crippen MR) is 127 cm³/mol. The maximum Gasteiger partial charge on any atom is 0.573 e. The summed E-state index contributed by atoms with van der Waals surface area (Å²) in [5.74, 6) is -2.15. The van der Waals surface area contributed by atoms with E-state index in [4.69, 9.17) is 4.74 Å². The molecule has 2 aliphatic rings. The second-order valence-electron chi connectivity index (χ2n) is 9.40. The Morgan fingerprint density at radius 2 is 1.61 bits per heavy atom. The quantitative estimate of drug-likeness (QED) is 0.461. The minimum absolute atomic E-state index is 0.146. The van der Waals surface area contributed by atoms with Crippen molar-refractivity contribution in [3.63, 3.8) is 0 Å². The largest absolute Gasteiger partial charge is 0.573 e. The first-order chi connectivity index (χ1) is 18.1. The lowest BCUT2D eigenvalue weighted by molar-refractivity contribution is -0.274. The van der Waals surface area contributed by atoms with Crippen molar-refractivity contribution in [2.45, 2.75) is 24.6 Å². The van der Waals surface area contributed by atoms with E-state index in [2.05, 4.69) is 14.9 Å². The first-order valence-corrected chi connectivity index (χ1v) is 12.1. The van der Waals surface area contributed by atoms with Crippen molar-refractivity contribution in [3.05, 3.63) is 71.4 Å². The standard InChI is InChI=1S/C26H25F5N4O3/c27-20-10-17(11-21(28)12-20)23-13-24(33-32-23)19-9-18(16-1-3-22(4-2-16)38-26(29,30)31)14-35(15-19)25(36)34-5-7-37-8-6-34/h1-4,10-13,18-19H,5-9,14-15H2,(H,32,33). The average molecular weight is 537 g/mol. The van der Waals surface area contributed by atoms with Crippen molar-refractivity contribution < 1.29 is 36.2 Å². The van der Waals surface area contributed by atoms with Gasteiger partial charge in [0.15, 0.2) is 0 Å². The van der Waals surface area contributed by atoms with Crippen LogP contribution in [0, 0.1) is 11.6 Å². The van der Waals surface area contributed by atoms with Gasteiger partial charge in [-0.25, -0.2) is 13.6 Å². The van der Waals surface area contributed by atoms with Crippen LogP contribution in [0.3, 0.4) is 0 Å². The normalized spacial score (nSPS) is 20.4. The molecule has 2 fully saturated rings. The Labute approximate surface area is 215 Å². The SMILES string of the molecule is O=C(N1CCOCC1)N1CC(c2ccc(OC(F)(F)F)cc2)CC(c2cc(-c3cc(F)cc(F)c3)n[nH]2)C1. The number of carbonyl (C=O) groups is 1. The molecular weight excluding hydrogens is 511 g/mol. The second kappa shape index (κ2) is 10.6. The molecule has 3 heterocycles. The summed E-state index contributed by atoms with van der Waals surface area (Å²) in [7, 11) is 0. The maximum absolute atomic E-state index is 13.7. The Morgan fingerprint density at radius 1 is 0.947 bits per heavy atom. The van der Waals surface area contributed by atoms with E-state index >= 15 is 0 Å². The monoisotopic (exact) mass is 536 g/mol. The fraction of sp³-hybridized carbons (Fsp3) is 0.385. The fourth-order valence-corrected chi connectivity index (χ4v) is 5.01. The zero-order valence-electron chi connectivity index (χ0n) is 20.2. The van der Waals surface area contributed by atoms with Crippen LogP contribution in [0.25, 0.3) is 11.3 Å². The number of likely N-dealkylation sites (tertiary alicyclic amines) is 1. The number of urea groups is 1. The number of nitrogens with one attached hydrogen (secondary N) is 1. The highest BCUT2D eigenvalue weighted by atomic mass is 19.4. The minimum Gasteiger partial charge on any atom is -0.406 e. The van der Waals surface area contributed by atoms with Crippen molar-refractivity contribution in [2.24, 2.45) is 0 Å². The predicted octanol–water partition coefficient (Wildman–Crippen LogP) is 5.28. The number of nitrogens with zero attached hydrogens (tertiary/aromatic N) is 3. The third-order valence-electron chi connectivity index (χ3n) is 6.78. The number of aromatic amines is 1. The Hall–Kier alpha value is -3.67. The number of amides is 2. The molecule has 0 bridgehead atoms. The van der Waals surface area contributed by atoms with E-state index in [1.165, 1.54) is 24.3 Å². The number of hydrogen-bond acceptors (Lipinski definition) is 4. The van der Waals surface area contributed by atoms with Gasteiger partial charge in [0.1, 0.15) is 17.4 Å². The van der Waals surface area contributed by atoms with E-state index in [1.807, 2.05) is 0 Å². The van der Waals surface area contributed by atoms with E-state index < -0.39 is 18.0 Å². The van der Waals surface area contributed by atoms with Gasteiger partial charge in [0, 0.05) is 55.3 Å². The van der Waals surface area contributed by atoms with Crippen molar-refractivity contribution >= 4 is 6.03 Å². The van der Waals surface area contributed by atoms with Crippen LogP contribution in [-0.4, -0.2) is 71.8 Å². The van der Waals surface area contributed by atoms with E-state index in [-0.39, 0.29) is 29.2 Å². The Kier molecular flexibility index (Phi) is 7.24. The molecule has 2 unspecified atom stereocenters. The number of halogens is 5. The molecule has 202 valence electrons. The number of ether oxygens (including phenoxy) is 2. The van der Waals surface area contributed by atoms with Crippen LogP contribution in [0.4, 0.5) is 26.7 Å². The summed E-state index contributed by atoms with van der Waals surface area (Å²) in [6.45, 7) is 2.58. The van der Waals surface area contributed by atoms with Gasteiger partial charge in [-0.3, -0.25) is 5.10 Å². The lowest BCUT2D eigenvalue weighted by Gasteiger charge is -2.41. The molecule has 7 nitrogen and oxygen atoms in total. The first-order valence-electron chi connectivity index (χ1n) is 12.1. The number of hydrogen-bond donors (Lipinski definition) is 1. The van der Waals surface area contributed by atoms with Crippen LogP contribution < -0.4 is 4.74 Å². The van der Waals surface area contributed by atoms with Crippen LogP contribution in [0.2, 0.25) is 0 Å². The van der Waals surface area contributed by atoms with Gasteiger partial charge in [0.25, 0.3) is 0 Å². The molecule has 0 aliphatic carbocycles. The molecule has 38 heavy (non-hydrogen) atoms. The number of carbonyl (C=O) groups excluding carboxylic acids is 1. The molecule has 1 aromatic heterocycles. The smallest absolute Gasteiger partial charge is 0.406 e. The summed E-state index contributed by atoms with van der Waals surface area (Å²) in [5.41, 5.74) is 2.08. The number of alkyl halides is 3. The van der Waals surface area contributed by atoms with Crippen molar-refractivity contribution in [1.82, 2.24) is 20.0 Å². The van der Waals surface area contributed by atoms with Gasteiger partial charge in [-0.2, -0.15) is 5.10 Å².